The maximum atomic E-state index is 11.8. The summed E-state index contributed by atoms with van der Waals surface area (Å²) in [7, 11) is 0. The van der Waals surface area contributed by atoms with Gasteiger partial charge >= 0.3 is 0 Å². The molecule has 1 heterocycles. The Bertz CT molecular complexity index is 323. The fraction of sp³-hybridized carbons (Fsp3) is 0.500. The molecule has 0 radical (unpaired) electrons. The maximum Gasteiger partial charge on any atom is 0.167 e. The van der Waals surface area contributed by atoms with Crippen LogP contribution in [-0.2, 0) is 0 Å². The van der Waals surface area contributed by atoms with Crippen LogP contribution >= 0.6 is 0 Å². The lowest BCUT2D eigenvalue weighted by Crippen LogP contribution is -3.11. The summed E-state index contributed by atoms with van der Waals surface area (Å²) in [6.45, 7) is 5.80. The van der Waals surface area contributed by atoms with Crippen LogP contribution in [0.5, 0.6) is 0 Å². The highest BCUT2D eigenvalue weighted by Gasteiger charge is 2.24. The lowest BCUT2D eigenvalue weighted by Gasteiger charge is -2.39. The molecule has 1 aromatic carbocycles. The van der Waals surface area contributed by atoms with E-state index in [0.29, 0.717) is 17.5 Å². The van der Waals surface area contributed by atoms with Crippen molar-refractivity contribution in [3.8, 4) is 0 Å². The molecule has 0 spiro atoms. The number of benzene rings is 1. The van der Waals surface area contributed by atoms with Gasteiger partial charge in [0, 0.05) is 18.0 Å². The molecule has 0 amide bonds. The maximum absolute atomic E-state index is 11.8. The molecular weight excluding hydrogens is 188 g/mol. The summed E-state index contributed by atoms with van der Waals surface area (Å²) in [5, 5.41) is 15.4. The number of quaternary nitrogens is 1. The van der Waals surface area contributed by atoms with Gasteiger partial charge in [0.25, 0.3) is 0 Å². The first-order valence-electron chi connectivity index (χ1n) is 5.49. The van der Waals surface area contributed by atoms with Gasteiger partial charge < -0.3 is 10.3 Å². The summed E-state index contributed by atoms with van der Waals surface area (Å²) in [5.41, 5.74) is 2.33. The van der Waals surface area contributed by atoms with Gasteiger partial charge in [0.2, 0.25) is 0 Å². The highest BCUT2D eigenvalue weighted by atomic mass is 16.5. The van der Waals surface area contributed by atoms with Crippen molar-refractivity contribution in [1.82, 2.24) is 5.32 Å². The standard InChI is InChI=1S/C12H18N2O/c1-9-3-5-11(6-4-9)12-13-7-10(2)8-14(12)15/h3-6,10,12-14H,7-8H2,1-2H3. The van der Waals surface area contributed by atoms with Crippen LogP contribution in [0.4, 0.5) is 0 Å². The minimum absolute atomic E-state index is 0.0817. The third-order valence-electron chi connectivity index (χ3n) is 2.95. The molecule has 1 aliphatic heterocycles. The highest BCUT2D eigenvalue weighted by molar-refractivity contribution is 5.22. The fourth-order valence-electron chi connectivity index (χ4n) is 2.03. The van der Waals surface area contributed by atoms with Crippen molar-refractivity contribution in [1.29, 1.82) is 0 Å². The zero-order chi connectivity index (χ0) is 10.8. The molecule has 3 atom stereocenters. The summed E-state index contributed by atoms with van der Waals surface area (Å²) in [6, 6.07) is 8.20. The number of hydrogen-bond acceptors (Lipinski definition) is 2. The van der Waals surface area contributed by atoms with E-state index in [4.69, 9.17) is 0 Å². The van der Waals surface area contributed by atoms with Crippen molar-refractivity contribution in [2.75, 3.05) is 13.1 Å². The van der Waals surface area contributed by atoms with Crippen LogP contribution in [0.25, 0.3) is 0 Å². The normalized spacial score (nSPS) is 31.5. The van der Waals surface area contributed by atoms with Crippen LogP contribution in [0.3, 0.4) is 0 Å². The largest absolute Gasteiger partial charge is 0.633 e. The second kappa shape index (κ2) is 4.31. The van der Waals surface area contributed by atoms with E-state index in [-0.39, 0.29) is 6.17 Å². The lowest BCUT2D eigenvalue weighted by atomic mass is 10.0. The van der Waals surface area contributed by atoms with Crippen molar-refractivity contribution in [3.05, 3.63) is 40.6 Å². The lowest BCUT2D eigenvalue weighted by molar-refractivity contribution is -0.895. The quantitative estimate of drug-likeness (QED) is 0.661. The molecule has 1 fully saturated rings. The Morgan fingerprint density at radius 2 is 2.00 bits per heavy atom. The van der Waals surface area contributed by atoms with Crippen LogP contribution in [-0.4, -0.2) is 13.1 Å². The minimum atomic E-state index is -0.0817. The molecule has 1 aliphatic rings. The van der Waals surface area contributed by atoms with Gasteiger partial charge in [-0.15, -0.1) is 0 Å². The van der Waals surface area contributed by atoms with Gasteiger partial charge in [-0.2, -0.15) is 0 Å². The molecular formula is C12H18N2O. The van der Waals surface area contributed by atoms with Crippen LogP contribution in [0.1, 0.15) is 24.2 Å². The van der Waals surface area contributed by atoms with E-state index >= 15 is 0 Å². The predicted molar refractivity (Wildman–Crippen MR) is 60.3 cm³/mol. The van der Waals surface area contributed by atoms with E-state index in [1.807, 2.05) is 12.1 Å². The summed E-state index contributed by atoms with van der Waals surface area (Å²) in [6.07, 6.45) is -0.0817. The summed E-state index contributed by atoms with van der Waals surface area (Å²) < 4.78 is 0. The van der Waals surface area contributed by atoms with Crippen molar-refractivity contribution >= 4 is 0 Å². The Morgan fingerprint density at radius 3 is 2.60 bits per heavy atom. The third kappa shape index (κ3) is 2.37. The predicted octanol–water partition coefficient (Wildman–Crippen LogP) is 0.616. The SMILES string of the molecule is Cc1ccc(C2NCC(C)C[NH+]2[O-])cc1. The van der Waals surface area contributed by atoms with Crippen molar-refractivity contribution in [2.45, 2.75) is 20.0 Å². The Balaban J connectivity index is 2.13. The molecule has 15 heavy (non-hydrogen) atoms. The Morgan fingerprint density at radius 1 is 1.33 bits per heavy atom. The van der Waals surface area contributed by atoms with E-state index in [1.165, 1.54) is 5.56 Å². The van der Waals surface area contributed by atoms with Crippen LogP contribution in [0.15, 0.2) is 24.3 Å². The molecule has 3 nitrogen and oxygen atoms in total. The van der Waals surface area contributed by atoms with E-state index in [0.717, 1.165) is 12.1 Å². The average molecular weight is 206 g/mol. The molecule has 82 valence electrons. The van der Waals surface area contributed by atoms with Gasteiger partial charge in [-0.05, 0) is 6.92 Å². The van der Waals surface area contributed by atoms with Crippen molar-refractivity contribution in [3.63, 3.8) is 0 Å². The van der Waals surface area contributed by atoms with Gasteiger partial charge in [-0.1, -0.05) is 36.8 Å². The highest BCUT2D eigenvalue weighted by Crippen LogP contribution is 2.11. The van der Waals surface area contributed by atoms with E-state index in [1.54, 1.807) is 0 Å². The Hall–Kier alpha value is -0.900. The molecule has 2 N–H and O–H groups in total. The smallest absolute Gasteiger partial charge is 0.167 e. The summed E-state index contributed by atoms with van der Waals surface area (Å²) >= 11 is 0. The van der Waals surface area contributed by atoms with Gasteiger partial charge in [0.15, 0.2) is 6.17 Å². The average Bonchev–Trinajstić information content (AvgIpc) is 2.20. The van der Waals surface area contributed by atoms with E-state index < -0.39 is 0 Å². The summed E-state index contributed by atoms with van der Waals surface area (Å²) in [5.74, 6) is 0.471. The van der Waals surface area contributed by atoms with E-state index in [2.05, 4.69) is 31.3 Å². The van der Waals surface area contributed by atoms with Gasteiger partial charge in [-0.25, -0.2) is 0 Å². The van der Waals surface area contributed by atoms with Crippen LogP contribution in [0, 0.1) is 18.0 Å². The van der Waals surface area contributed by atoms with Crippen molar-refractivity contribution < 1.29 is 5.06 Å². The molecule has 0 aliphatic carbocycles. The van der Waals surface area contributed by atoms with Crippen LogP contribution in [0.2, 0.25) is 0 Å². The fourth-order valence-corrected chi connectivity index (χ4v) is 2.03. The minimum Gasteiger partial charge on any atom is -0.633 e. The molecule has 1 saturated heterocycles. The number of hydroxylamine groups is 2. The Labute approximate surface area is 90.7 Å². The van der Waals surface area contributed by atoms with Gasteiger partial charge in [0.1, 0.15) is 0 Å². The number of nitrogens with one attached hydrogen (secondary N) is 2. The zero-order valence-electron chi connectivity index (χ0n) is 9.29. The zero-order valence-corrected chi connectivity index (χ0v) is 9.29. The first kappa shape index (κ1) is 10.6. The second-order valence-electron chi connectivity index (χ2n) is 4.53. The molecule has 0 bridgehead atoms. The van der Waals surface area contributed by atoms with Crippen molar-refractivity contribution in [2.24, 2.45) is 5.92 Å². The van der Waals surface area contributed by atoms with Gasteiger partial charge in [0.05, 0.1) is 6.54 Å². The third-order valence-corrected chi connectivity index (χ3v) is 2.95. The molecule has 3 heteroatoms. The first-order valence-corrected chi connectivity index (χ1v) is 5.49. The molecule has 0 aromatic heterocycles. The molecule has 3 unspecified atom stereocenters. The molecule has 0 saturated carbocycles. The Kier molecular flexibility index (Phi) is 3.05. The number of hydrogen-bond donors (Lipinski definition) is 2. The second-order valence-corrected chi connectivity index (χ2v) is 4.53. The number of aryl methyl sites for hydroxylation is 1. The first-order chi connectivity index (χ1) is 7.16. The van der Waals surface area contributed by atoms with Gasteiger partial charge in [-0.3, -0.25) is 5.32 Å². The summed E-state index contributed by atoms with van der Waals surface area (Å²) in [4.78, 5) is 0. The molecule has 1 aromatic rings. The topological polar surface area (TPSA) is 39.5 Å². The molecule has 2 rings (SSSR count). The monoisotopic (exact) mass is 206 g/mol. The van der Waals surface area contributed by atoms with Crippen LogP contribution < -0.4 is 10.4 Å². The van der Waals surface area contributed by atoms with E-state index in [9.17, 15) is 5.21 Å². The number of rotatable bonds is 1.